The number of carbonyl (C=O) groups excluding carboxylic acids is 2. The zero-order valence-electron chi connectivity index (χ0n) is 21.3. The van der Waals surface area contributed by atoms with Gasteiger partial charge in [0, 0.05) is 27.7 Å². The second kappa shape index (κ2) is 12.0. The minimum absolute atomic E-state index is 0.0779. The number of benzene rings is 3. The predicted octanol–water partition coefficient (Wildman–Crippen LogP) is 6.66. The molecule has 1 aliphatic rings. The number of anilines is 2. The van der Waals surface area contributed by atoms with E-state index in [4.69, 9.17) is 11.6 Å². The Morgan fingerprint density at radius 3 is 2.34 bits per heavy atom. The zero-order valence-corrected chi connectivity index (χ0v) is 22.8. The smallest absolute Gasteiger partial charge is 0.254 e. The van der Waals surface area contributed by atoms with Gasteiger partial charge in [0.05, 0.1) is 28.3 Å². The van der Waals surface area contributed by atoms with Crippen LogP contribution >= 0.6 is 23.4 Å². The molecule has 6 nitrogen and oxygen atoms in total. The van der Waals surface area contributed by atoms with E-state index in [2.05, 4.69) is 22.0 Å². The van der Waals surface area contributed by atoms with Crippen molar-refractivity contribution in [1.82, 2.24) is 5.32 Å². The molecule has 1 atom stereocenters. The summed E-state index contributed by atoms with van der Waals surface area (Å²) in [5, 5.41) is 20.3. The third-order valence-electron chi connectivity index (χ3n) is 6.28. The van der Waals surface area contributed by atoms with Crippen LogP contribution in [-0.2, 0) is 9.59 Å². The van der Waals surface area contributed by atoms with Gasteiger partial charge in [-0.3, -0.25) is 9.59 Å². The molecule has 38 heavy (non-hydrogen) atoms. The van der Waals surface area contributed by atoms with E-state index in [-0.39, 0.29) is 17.6 Å². The number of thioether (sulfide) groups is 1. The normalized spacial score (nSPS) is 15.0. The maximum atomic E-state index is 13.5. The molecule has 3 aromatic carbocycles. The lowest BCUT2D eigenvalue weighted by atomic mass is 9.82. The number of nitriles is 1. The Bertz CT molecular complexity index is 1490. The molecular weight excluding hydrogens is 516 g/mol. The lowest BCUT2D eigenvalue weighted by Gasteiger charge is -2.30. The minimum Gasteiger partial charge on any atom is -0.353 e. The number of amides is 2. The first-order valence-corrected chi connectivity index (χ1v) is 13.4. The van der Waals surface area contributed by atoms with Crippen LogP contribution in [0.2, 0.25) is 5.02 Å². The number of allylic oxidation sites excluding steroid dienone is 2. The summed E-state index contributed by atoms with van der Waals surface area (Å²) >= 11 is 7.78. The number of para-hydroxylation sites is 1. The molecule has 1 aliphatic heterocycles. The van der Waals surface area contributed by atoms with Crippen LogP contribution in [-0.4, -0.2) is 17.6 Å². The number of dihydropyridines is 1. The summed E-state index contributed by atoms with van der Waals surface area (Å²) in [7, 11) is 0. The van der Waals surface area contributed by atoms with Crippen LogP contribution in [0.3, 0.4) is 0 Å². The molecule has 3 aromatic rings. The molecular formula is C30H27ClN4O2S. The van der Waals surface area contributed by atoms with Crippen molar-refractivity contribution in [3.8, 4) is 6.07 Å². The maximum Gasteiger partial charge on any atom is 0.254 e. The Balaban J connectivity index is 1.63. The monoisotopic (exact) mass is 542 g/mol. The second-order valence-corrected chi connectivity index (χ2v) is 10.3. The average molecular weight is 543 g/mol. The molecule has 0 fully saturated rings. The lowest BCUT2D eigenvalue weighted by Crippen LogP contribution is -2.31. The van der Waals surface area contributed by atoms with Gasteiger partial charge in [0.2, 0.25) is 5.91 Å². The van der Waals surface area contributed by atoms with E-state index in [1.807, 2.05) is 62.4 Å². The van der Waals surface area contributed by atoms with Crippen molar-refractivity contribution >= 4 is 46.6 Å². The number of nitrogens with zero attached hydrogens (tertiary/aromatic N) is 1. The van der Waals surface area contributed by atoms with Gasteiger partial charge >= 0.3 is 0 Å². The lowest BCUT2D eigenvalue weighted by molar-refractivity contribution is -0.114. The number of nitrogens with one attached hydrogen (secondary N) is 3. The summed E-state index contributed by atoms with van der Waals surface area (Å²) in [4.78, 5) is 26.3. The Hall–Kier alpha value is -3.99. The number of carbonyl (C=O) groups is 2. The highest BCUT2D eigenvalue weighted by molar-refractivity contribution is 8.03. The first-order chi connectivity index (χ1) is 18.3. The molecule has 0 bridgehead atoms. The van der Waals surface area contributed by atoms with Crippen LogP contribution in [0.5, 0.6) is 0 Å². The van der Waals surface area contributed by atoms with Crippen LogP contribution in [0, 0.1) is 25.2 Å². The van der Waals surface area contributed by atoms with E-state index in [0.29, 0.717) is 38.1 Å². The van der Waals surface area contributed by atoms with Gasteiger partial charge in [-0.2, -0.15) is 5.26 Å². The summed E-state index contributed by atoms with van der Waals surface area (Å²) in [5.74, 6) is -1.16. The van der Waals surface area contributed by atoms with E-state index in [9.17, 15) is 14.9 Å². The maximum absolute atomic E-state index is 13.5. The quantitative estimate of drug-likeness (QED) is 0.310. The van der Waals surface area contributed by atoms with E-state index in [1.165, 1.54) is 11.8 Å². The van der Waals surface area contributed by atoms with Crippen molar-refractivity contribution in [2.75, 3.05) is 16.4 Å². The first-order valence-electron chi connectivity index (χ1n) is 12.0. The van der Waals surface area contributed by atoms with E-state index < -0.39 is 5.92 Å². The van der Waals surface area contributed by atoms with Crippen LogP contribution in [0.4, 0.5) is 11.4 Å². The fraction of sp³-hybridized carbons (Fsp3) is 0.167. The van der Waals surface area contributed by atoms with Crippen LogP contribution < -0.4 is 16.0 Å². The molecule has 0 saturated heterocycles. The highest BCUT2D eigenvalue weighted by Crippen LogP contribution is 2.43. The van der Waals surface area contributed by atoms with Gasteiger partial charge in [0.15, 0.2) is 0 Å². The fourth-order valence-corrected chi connectivity index (χ4v) is 5.36. The highest BCUT2D eigenvalue weighted by atomic mass is 35.5. The van der Waals surface area contributed by atoms with Gasteiger partial charge in [0.1, 0.15) is 0 Å². The van der Waals surface area contributed by atoms with Crippen LogP contribution in [0.25, 0.3) is 0 Å². The van der Waals surface area contributed by atoms with E-state index in [0.717, 1.165) is 16.8 Å². The van der Waals surface area contributed by atoms with Crippen LogP contribution in [0.1, 0.15) is 29.5 Å². The van der Waals surface area contributed by atoms with E-state index >= 15 is 0 Å². The average Bonchev–Trinajstić information content (AvgIpc) is 2.90. The summed E-state index contributed by atoms with van der Waals surface area (Å²) in [5.41, 5.74) is 5.53. The van der Waals surface area contributed by atoms with Gasteiger partial charge in [-0.15, -0.1) is 0 Å². The Morgan fingerprint density at radius 1 is 0.947 bits per heavy atom. The van der Waals surface area contributed by atoms with Crippen molar-refractivity contribution in [1.29, 1.82) is 5.26 Å². The fourth-order valence-electron chi connectivity index (χ4n) is 4.22. The van der Waals surface area contributed by atoms with E-state index in [1.54, 1.807) is 31.2 Å². The third kappa shape index (κ3) is 6.10. The molecule has 0 aliphatic carbocycles. The topological polar surface area (TPSA) is 94.0 Å². The number of rotatable bonds is 7. The summed E-state index contributed by atoms with van der Waals surface area (Å²) in [6, 6.07) is 24.3. The number of aryl methyl sites for hydroxylation is 2. The molecule has 0 unspecified atom stereocenters. The molecule has 4 rings (SSSR count). The summed E-state index contributed by atoms with van der Waals surface area (Å²) < 4.78 is 0. The molecule has 192 valence electrons. The molecule has 3 N–H and O–H groups in total. The van der Waals surface area contributed by atoms with Crippen molar-refractivity contribution in [3.63, 3.8) is 0 Å². The zero-order chi connectivity index (χ0) is 27.2. The molecule has 0 saturated carbocycles. The standard InChI is InChI=1S/C30H27ClN4O2S/c1-18-13-14-22(15-19(18)2)34-26(36)17-38-30-24(16-32)28(23-11-7-8-12-25(23)31)27(20(3)33-30)29(37)35-21-9-5-4-6-10-21/h4-15,28,33H,17H2,1-3H3,(H,34,36)(H,35,37)/t28-/m0/s1. The molecule has 0 aromatic heterocycles. The van der Waals surface area contributed by atoms with Crippen LogP contribution in [0.15, 0.2) is 94.7 Å². The highest BCUT2D eigenvalue weighted by Gasteiger charge is 2.36. The van der Waals surface area contributed by atoms with Crippen molar-refractivity contribution in [2.45, 2.75) is 26.7 Å². The Labute approximate surface area is 231 Å². The second-order valence-electron chi connectivity index (χ2n) is 8.93. The molecule has 1 heterocycles. The Kier molecular flexibility index (Phi) is 8.57. The molecule has 0 spiro atoms. The number of hydrogen-bond donors (Lipinski definition) is 3. The Morgan fingerprint density at radius 2 is 1.66 bits per heavy atom. The number of halogens is 1. The third-order valence-corrected chi connectivity index (χ3v) is 7.64. The first kappa shape index (κ1) is 27.1. The summed E-state index contributed by atoms with van der Waals surface area (Å²) in [6.45, 7) is 5.79. The van der Waals surface area contributed by atoms with Gasteiger partial charge in [0.25, 0.3) is 5.91 Å². The molecule has 8 heteroatoms. The number of hydrogen-bond acceptors (Lipinski definition) is 5. The van der Waals surface area contributed by atoms with Crippen molar-refractivity contribution in [3.05, 3.63) is 116 Å². The van der Waals surface area contributed by atoms with Gasteiger partial charge < -0.3 is 16.0 Å². The molecule has 2 amide bonds. The van der Waals surface area contributed by atoms with Gasteiger partial charge in [-0.05, 0) is 67.8 Å². The molecule has 0 radical (unpaired) electrons. The van der Waals surface area contributed by atoms with Gasteiger partial charge in [-0.25, -0.2) is 0 Å². The van der Waals surface area contributed by atoms with Crippen molar-refractivity contribution < 1.29 is 9.59 Å². The largest absolute Gasteiger partial charge is 0.353 e. The predicted molar refractivity (Wildman–Crippen MR) is 155 cm³/mol. The summed E-state index contributed by atoms with van der Waals surface area (Å²) in [6.07, 6.45) is 0. The van der Waals surface area contributed by atoms with Crippen molar-refractivity contribution in [2.24, 2.45) is 0 Å². The van der Waals surface area contributed by atoms with Gasteiger partial charge in [-0.1, -0.05) is 65.8 Å². The minimum atomic E-state index is -0.705. The SMILES string of the molecule is CC1=C(C(=O)Nc2ccccc2)[C@@H](c2ccccc2Cl)C(C#N)=C(SCC(=O)Nc2ccc(C)c(C)c2)N1.